The fourth-order valence-electron chi connectivity index (χ4n) is 1.96. The Morgan fingerprint density at radius 1 is 1.30 bits per heavy atom. The minimum absolute atomic E-state index is 0.0624. The minimum atomic E-state index is -3.17. The van der Waals surface area contributed by atoms with E-state index in [4.69, 9.17) is 17.3 Å². The van der Waals surface area contributed by atoms with Crippen LogP contribution >= 0.6 is 11.6 Å². The van der Waals surface area contributed by atoms with Gasteiger partial charge in [-0.05, 0) is 29.8 Å². The number of benzene rings is 1. The lowest BCUT2D eigenvalue weighted by Gasteiger charge is -2.09. The highest BCUT2D eigenvalue weighted by Gasteiger charge is 2.11. The van der Waals surface area contributed by atoms with Crippen molar-refractivity contribution in [2.75, 3.05) is 17.3 Å². The Balaban J connectivity index is 2.10. The SMILES string of the molecule is CS(=O)(=O)Cc1ccc(Cl)c(NC(=O)Cc2ccc(N)cn2)c1. The number of aromatic nitrogens is 1. The van der Waals surface area contributed by atoms with Gasteiger partial charge in [0.2, 0.25) is 5.91 Å². The zero-order valence-corrected chi connectivity index (χ0v) is 14.0. The number of carbonyl (C=O) groups is 1. The Morgan fingerprint density at radius 3 is 2.65 bits per heavy atom. The highest BCUT2D eigenvalue weighted by Crippen LogP contribution is 2.24. The third-order valence-electron chi connectivity index (χ3n) is 2.92. The van der Waals surface area contributed by atoms with Gasteiger partial charge in [0.15, 0.2) is 9.84 Å². The summed E-state index contributed by atoms with van der Waals surface area (Å²) in [4.78, 5) is 16.1. The summed E-state index contributed by atoms with van der Waals surface area (Å²) in [6.07, 6.45) is 2.68. The fraction of sp³-hybridized carbons (Fsp3) is 0.200. The van der Waals surface area contributed by atoms with Crippen LogP contribution < -0.4 is 11.1 Å². The molecule has 122 valence electrons. The first-order valence-electron chi connectivity index (χ1n) is 6.69. The van der Waals surface area contributed by atoms with Crippen LogP contribution in [-0.4, -0.2) is 25.6 Å². The van der Waals surface area contributed by atoms with E-state index in [9.17, 15) is 13.2 Å². The van der Waals surface area contributed by atoms with Crippen molar-refractivity contribution in [3.8, 4) is 0 Å². The molecule has 1 aromatic heterocycles. The van der Waals surface area contributed by atoms with E-state index in [1.807, 2.05) is 0 Å². The Kier molecular flexibility index (Phi) is 5.23. The Labute approximate surface area is 139 Å². The first kappa shape index (κ1) is 17.2. The van der Waals surface area contributed by atoms with Crippen molar-refractivity contribution >= 4 is 38.7 Å². The Morgan fingerprint density at radius 2 is 2.04 bits per heavy atom. The Hall–Kier alpha value is -2.12. The predicted octanol–water partition coefficient (Wildman–Crippen LogP) is 2.04. The van der Waals surface area contributed by atoms with E-state index in [0.717, 1.165) is 6.26 Å². The van der Waals surface area contributed by atoms with E-state index in [2.05, 4.69) is 10.3 Å². The van der Waals surface area contributed by atoms with E-state index in [1.54, 1.807) is 30.3 Å². The molecule has 3 N–H and O–H groups in total. The van der Waals surface area contributed by atoms with E-state index in [-0.39, 0.29) is 18.1 Å². The molecule has 0 radical (unpaired) electrons. The van der Waals surface area contributed by atoms with Crippen LogP contribution in [0.3, 0.4) is 0 Å². The third kappa shape index (κ3) is 5.54. The van der Waals surface area contributed by atoms with Gasteiger partial charge in [0, 0.05) is 11.9 Å². The van der Waals surface area contributed by atoms with Crippen LogP contribution in [0.25, 0.3) is 0 Å². The van der Waals surface area contributed by atoms with Crippen molar-refractivity contribution in [2.24, 2.45) is 0 Å². The summed E-state index contributed by atoms with van der Waals surface area (Å²) in [5, 5.41) is 3.00. The molecule has 8 heteroatoms. The van der Waals surface area contributed by atoms with Crippen molar-refractivity contribution in [1.29, 1.82) is 0 Å². The van der Waals surface area contributed by atoms with E-state index in [1.165, 1.54) is 6.20 Å². The molecule has 0 aliphatic rings. The number of nitrogens with two attached hydrogens (primary N) is 1. The van der Waals surface area contributed by atoms with Gasteiger partial charge in [-0.25, -0.2) is 8.42 Å². The van der Waals surface area contributed by atoms with Crippen LogP contribution in [0.15, 0.2) is 36.5 Å². The lowest BCUT2D eigenvalue weighted by molar-refractivity contribution is -0.115. The van der Waals surface area contributed by atoms with Crippen molar-refractivity contribution in [1.82, 2.24) is 4.98 Å². The van der Waals surface area contributed by atoms with Gasteiger partial charge in [0.1, 0.15) is 0 Å². The number of hydrogen-bond donors (Lipinski definition) is 2. The molecule has 0 aliphatic heterocycles. The van der Waals surface area contributed by atoms with Crippen molar-refractivity contribution < 1.29 is 13.2 Å². The first-order chi connectivity index (χ1) is 10.7. The fourth-order valence-corrected chi connectivity index (χ4v) is 2.91. The zero-order valence-electron chi connectivity index (χ0n) is 12.4. The summed E-state index contributed by atoms with van der Waals surface area (Å²) < 4.78 is 22.7. The number of nitrogens with zero attached hydrogens (tertiary/aromatic N) is 1. The summed E-state index contributed by atoms with van der Waals surface area (Å²) in [6, 6.07) is 8.04. The van der Waals surface area contributed by atoms with Gasteiger partial charge in [-0.15, -0.1) is 0 Å². The molecule has 0 spiro atoms. The number of carbonyl (C=O) groups excluding carboxylic acids is 1. The van der Waals surface area contributed by atoms with Crippen LogP contribution in [0.5, 0.6) is 0 Å². The second-order valence-electron chi connectivity index (χ2n) is 5.19. The molecule has 0 unspecified atom stereocenters. The second kappa shape index (κ2) is 6.97. The standard InChI is InChI=1S/C15H16ClN3O3S/c1-23(21,22)9-10-2-5-13(16)14(6-10)19-15(20)7-12-4-3-11(17)8-18-12/h2-6,8H,7,9,17H2,1H3,(H,19,20). The Bertz CT molecular complexity index is 820. The topological polar surface area (TPSA) is 102 Å². The molecule has 1 heterocycles. The molecule has 0 saturated carbocycles. The molecule has 2 rings (SSSR count). The number of halogens is 1. The molecule has 0 atom stereocenters. The molecule has 0 fully saturated rings. The molecule has 1 amide bonds. The number of sulfone groups is 1. The number of anilines is 2. The number of rotatable bonds is 5. The van der Waals surface area contributed by atoms with Crippen LogP contribution in [0.2, 0.25) is 5.02 Å². The molecule has 1 aromatic carbocycles. The van der Waals surface area contributed by atoms with Gasteiger partial charge in [-0.2, -0.15) is 0 Å². The van der Waals surface area contributed by atoms with Crippen LogP contribution in [0.1, 0.15) is 11.3 Å². The van der Waals surface area contributed by atoms with Crippen LogP contribution in [-0.2, 0) is 26.8 Å². The monoisotopic (exact) mass is 353 g/mol. The lowest BCUT2D eigenvalue weighted by atomic mass is 10.2. The maximum absolute atomic E-state index is 12.1. The van der Waals surface area contributed by atoms with Gasteiger partial charge in [-0.3, -0.25) is 9.78 Å². The van der Waals surface area contributed by atoms with E-state index in [0.29, 0.717) is 27.7 Å². The lowest BCUT2D eigenvalue weighted by Crippen LogP contribution is -2.15. The smallest absolute Gasteiger partial charge is 0.230 e. The van der Waals surface area contributed by atoms with Gasteiger partial charge in [-0.1, -0.05) is 17.7 Å². The van der Waals surface area contributed by atoms with Crippen LogP contribution in [0, 0.1) is 0 Å². The van der Waals surface area contributed by atoms with Gasteiger partial charge in [0.05, 0.1) is 34.8 Å². The molecule has 2 aromatic rings. The van der Waals surface area contributed by atoms with E-state index < -0.39 is 9.84 Å². The summed E-state index contributed by atoms with van der Waals surface area (Å²) in [6.45, 7) is 0. The maximum atomic E-state index is 12.1. The summed E-state index contributed by atoms with van der Waals surface area (Å²) >= 11 is 6.04. The maximum Gasteiger partial charge on any atom is 0.230 e. The number of hydrogen-bond acceptors (Lipinski definition) is 5. The van der Waals surface area contributed by atoms with Gasteiger partial charge < -0.3 is 11.1 Å². The highest BCUT2D eigenvalue weighted by molar-refractivity contribution is 7.89. The summed E-state index contributed by atoms with van der Waals surface area (Å²) in [7, 11) is -3.17. The molecule has 0 aliphatic carbocycles. The summed E-state index contributed by atoms with van der Waals surface area (Å²) in [5.41, 5.74) is 7.55. The molecular formula is C15H16ClN3O3S. The van der Waals surface area contributed by atoms with E-state index >= 15 is 0 Å². The molecular weight excluding hydrogens is 338 g/mol. The third-order valence-corrected chi connectivity index (χ3v) is 4.11. The van der Waals surface area contributed by atoms with Gasteiger partial charge in [0.25, 0.3) is 0 Å². The number of amides is 1. The summed E-state index contributed by atoms with van der Waals surface area (Å²) in [5.74, 6) is -0.423. The molecule has 0 saturated heterocycles. The molecule has 23 heavy (non-hydrogen) atoms. The number of nitrogens with one attached hydrogen (secondary N) is 1. The normalized spacial score (nSPS) is 11.2. The number of pyridine rings is 1. The minimum Gasteiger partial charge on any atom is -0.397 e. The first-order valence-corrected chi connectivity index (χ1v) is 9.13. The van der Waals surface area contributed by atoms with Crippen molar-refractivity contribution in [2.45, 2.75) is 12.2 Å². The largest absolute Gasteiger partial charge is 0.397 e. The quantitative estimate of drug-likeness (QED) is 0.856. The average Bonchev–Trinajstić information content (AvgIpc) is 2.43. The predicted molar refractivity (Wildman–Crippen MR) is 91.0 cm³/mol. The van der Waals surface area contributed by atoms with Gasteiger partial charge >= 0.3 is 0 Å². The second-order valence-corrected chi connectivity index (χ2v) is 7.74. The van der Waals surface area contributed by atoms with Crippen LogP contribution in [0.4, 0.5) is 11.4 Å². The van der Waals surface area contributed by atoms with Crippen molar-refractivity contribution in [3.05, 3.63) is 52.8 Å². The highest BCUT2D eigenvalue weighted by atomic mass is 35.5. The van der Waals surface area contributed by atoms with Crippen molar-refractivity contribution in [3.63, 3.8) is 0 Å². The molecule has 0 bridgehead atoms. The zero-order chi connectivity index (χ0) is 17.0. The average molecular weight is 354 g/mol. The number of nitrogen functional groups attached to an aromatic ring is 1. The molecule has 6 nitrogen and oxygen atoms in total.